The lowest BCUT2D eigenvalue weighted by atomic mass is 9.84. The number of halogens is 7. The highest BCUT2D eigenvalue weighted by Gasteiger charge is 2.52. The summed E-state index contributed by atoms with van der Waals surface area (Å²) in [7, 11) is 0. The zero-order chi connectivity index (χ0) is 26.1. The predicted molar refractivity (Wildman–Crippen MR) is 104 cm³/mol. The van der Waals surface area contributed by atoms with Gasteiger partial charge in [-0.1, -0.05) is 0 Å². The summed E-state index contributed by atoms with van der Waals surface area (Å²) in [6.07, 6.45) is -5.44. The first kappa shape index (κ1) is 24.9. The Morgan fingerprint density at radius 1 is 0.944 bits per heavy atom. The summed E-state index contributed by atoms with van der Waals surface area (Å²) in [5.74, 6) is -2.62. The second-order valence-electron chi connectivity index (χ2n) is 7.22. The largest absolute Gasteiger partial charge is 0.423 e. The van der Waals surface area contributed by atoms with E-state index in [0.29, 0.717) is 35.3 Å². The van der Waals surface area contributed by atoms with E-state index in [1.54, 1.807) is 0 Å². The molecule has 2 atom stereocenters. The number of ether oxygens (including phenoxy) is 1. The average molecular weight is 515 g/mol. The van der Waals surface area contributed by atoms with Crippen LogP contribution in [0.2, 0.25) is 0 Å². The zero-order valence-electron chi connectivity index (χ0n) is 17.5. The van der Waals surface area contributed by atoms with Crippen molar-refractivity contribution in [3.8, 4) is 11.8 Å². The van der Waals surface area contributed by atoms with Crippen LogP contribution in [0.25, 0.3) is 0 Å². The van der Waals surface area contributed by atoms with Crippen LogP contribution in [0.5, 0.6) is 11.8 Å². The molecule has 1 aromatic carbocycles. The maximum Gasteiger partial charge on any atom is 0.419 e. The highest BCUT2D eigenvalue weighted by atomic mass is 19.4. The molecule has 188 valence electrons. The molecule has 3 heterocycles. The number of nitrogens with zero attached hydrogens (tertiary/aromatic N) is 7. The predicted octanol–water partition coefficient (Wildman–Crippen LogP) is 3.69. The maximum atomic E-state index is 14.5. The van der Waals surface area contributed by atoms with Crippen LogP contribution in [0.1, 0.15) is 22.9 Å². The number of pyridine rings is 1. The quantitative estimate of drug-likeness (QED) is 0.371. The van der Waals surface area contributed by atoms with E-state index in [1.165, 1.54) is 0 Å². The zero-order valence-corrected chi connectivity index (χ0v) is 17.5. The Labute approximate surface area is 196 Å². The maximum absolute atomic E-state index is 14.5. The minimum Gasteiger partial charge on any atom is -0.423 e. The van der Waals surface area contributed by atoms with E-state index in [1.807, 2.05) is 0 Å². The van der Waals surface area contributed by atoms with Gasteiger partial charge in [-0.05, 0) is 34.7 Å². The first-order chi connectivity index (χ1) is 17.0. The third-order valence-corrected chi connectivity index (χ3v) is 4.95. The molecular weight excluding hydrogens is 503 g/mol. The van der Waals surface area contributed by atoms with Crippen molar-refractivity contribution in [2.75, 3.05) is 0 Å². The van der Waals surface area contributed by atoms with E-state index in [2.05, 4.69) is 30.5 Å². The lowest BCUT2D eigenvalue weighted by Gasteiger charge is -2.35. The number of benzene rings is 1. The third-order valence-electron chi connectivity index (χ3n) is 4.95. The van der Waals surface area contributed by atoms with Crippen LogP contribution >= 0.6 is 0 Å². The summed E-state index contributed by atoms with van der Waals surface area (Å²) in [6.45, 7) is 0. The molecule has 0 saturated carbocycles. The molecule has 0 aliphatic rings. The molecular formula is C20H12F7N7O2. The van der Waals surface area contributed by atoms with Crippen LogP contribution in [0.4, 0.5) is 30.7 Å². The minimum absolute atomic E-state index is 0.109. The Morgan fingerprint density at radius 3 is 2.19 bits per heavy atom. The average Bonchev–Trinajstić information content (AvgIpc) is 3.34. The molecule has 36 heavy (non-hydrogen) atoms. The van der Waals surface area contributed by atoms with Crippen molar-refractivity contribution in [3.05, 3.63) is 83.7 Å². The molecule has 0 aliphatic heterocycles. The van der Waals surface area contributed by atoms with Crippen LogP contribution < -0.4 is 4.74 Å². The second kappa shape index (κ2) is 9.44. The molecule has 0 saturated heterocycles. The van der Waals surface area contributed by atoms with Crippen LogP contribution in [-0.2, 0) is 11.8 Å². The van der Waals surface area contributed by atoms with Gasteiger partial charge < -0.3 is 9.84 Å². The third kappa shape index (κ3) is 4.79. The van der Waals surface area contributed by atoms with Gasteiger partial charge in [0.15, 0.2) is 5.60 Å². The molecule has 9 nitrogen and oxygen atoms in total. The summed E-state index contributed by atoms with van der Waals surface area (Å²) in [4.78, 5) is 10.8. The van der Waals surface area contributed by atoms with Crippen LogP contribution in [0, 0.1) is 11.6 Å². The fraction of sp³-hybridized carbons (Fsp3) is 0.200. The summed E-state index contributed by atoms with van der Waals surface area (Å²) in [5.41, 5.74) is -5.67. The molecule has 3 aromatic heterocycles. The van der Waals surface area contributed by atoms with E-state index >= 15 is 0 Å². The van der Waals surface area contributed by atoms with Crippen LogP contribution in [0.15, 0.2) is 55.2 Å². The minimum atomic E-state index is -4.65. The van der Waals surface area contributed by atoms with E-state index < -0.39 is 53.0 Å². The molecule has 4 aromatic rings. The molecule has 4 rings (SSSR count). The van der Waals surface area contributed by atoms with Crippen LogP contribution in [0.3, 0.4) is 0 Å². The number of aliphatic hydroxyl groups is 1. The van der Waals surface area contributed by atoms with Gasteiger partial charge in [0.2, 0.25) is 0 Å². The van der Waals surface area contributed by atoms with E-state index in [9.17, 15) is 35.8 Å². The normalized spacial score (nSPS) is 14.5. The van der Waals surface area contributed by atoms with Crippen molar-refractivity contribution in [2.24, 2.45) is 0 Å². The molecule has 1 N–H and O–H groups in total. The standard InChI is InChI=1S/C20H12F7N7O2/c21-11-1-3-13(14(22)5-11)19(35,17(23)24)16(34-9-31-32-33-34)15-4-2-12(8-28-15)36-18-29-6-10(7-30-18)20(25,26)27/h1-9,16-17,35H. The van der Waals surface area contributed by atoms with Crippen molar-refractivity contribution in [3.63, 3.8) is 0 Å². The van der Waals surface area contributed by atoms with Gasteiger partial charge in [-0.2, -0.15) is 13.2 Å². The Kier molecular flexibility index (Phi) is 6.53. The molecule has 16 heteroatoms. The fourth-order valence-corrected chi connectivity index (χ4v) is 3.28. The SMILES string of the molecule is OC(c1ccc(F)cc1F)(C(F)F)C(c1ccc(Oc2ncc(C(F)(F)F)cn2)cn1)n1cnnn1. The van der Waals surface area contributed by atoms with Gasteiger partial charge in [0.05, 0.1) is 17.5 Å². The van der Waals surface area contributed by atoms with Gasteiger partial charge in [-0.3, -0.25) is 4.98 Å². The van der Waals surface area contributed by atoms with Crippen LogP contribution in [-0.4, -0.2) is 46.7 Å². The second-order valence-corrected chi connectivity index (χ2v) is 7.22. The lowest BCUT2D eigenvalue weighted by molar-refractivity contribution is -0.138. The molecule has 0 amide bonds. The molecule has 0 radical (unpaired) electrons. The van der Waals surface area contributed by atoms with E-state index in [0.717, 1.165) is 24.7 Å². The van der Waals surface area contributed by atoms with Gasteiger partial charge in [-0.25, -0.2) is 32.2 Å². The molecule has 0 aliphatic carbocycles. The van der Waals surface area contributed by atoms with Gasteiger partial charge in [0, 0.05) is 24.0 Å². The first-order valence-electron chi connectivity index (χ1n) is 9.71. The molecule has 2 unspecified atom stereocenters. The topological polar surface area (TPSA) is 112 Å². The number of aromatic nitrogens is 7. The lowest BCUT2D eigenvalue weighted by Crippen LogP contribution is -2.45. The highest BCUT2D eigenvalue weighted by molar-refractivity contribution is 5.33. The van der Waals surface area contributed by atoms with Crippen molar-refractivity contribution in [2.45, 2.75) is 24.2 Å². The van der Waals surface area contributed by atoms with Crippen molar-refractivity contribution in [1.29, 1.82) is 0 Å². The van der Waals surface area contributed by atoms with E-state index in [4.69, 9.17) is 4.74 Å². The van der Waals surface area contributed by atoms with E-state index in [-0.39, 0.29) is 11.4 Å². The highest BCUT2D eigenvalue weighted by Crippen LogP contribution is 2.43. The van der Waals surface area contributed by atoms with Gasteiger partial charge in [0.25, 0.3) is 6.43 Å². The van der Waals surface area contributed by atoms with Gasteiger partial charge in [0.1, 0.15) is 29.8 Å². The number of hydrogen-bond donors (Lipinski definition) is 1. The summed E-state index contributed by atoms with van der Waals surface area (Å²) < 4.78 is 100. The Hall–Kier alpha value is -4.21. The van der Waals surface area contributed by atoms with Gasteiger partial charge >= 0.3 is 12.2 Å². The molecule has 0 bridgehead atoms. The Bertz CT molecular complexity index is 1320. The summed E-state index contributed by atoms with van der Waals surface area (Å²) in [5, 5.41) is 21.3. The first-order valence-corrected chi connectivity index (χ1v) is 9.71. The monoisotopic (exact) mass is 515 g/mol. The fourth-order valence-electron chi connectivity index (χ4n) is 3.28. The number of alkyl halides is 5. The van der Waals surface area contributed by atoms with Gasteiger partial charge in [-0.15, -0.1) is 5.10 Å². The summed E-state index contributed by atoms with van der Waals surface area (Å²) in [6, 6.07) is 1.56. The molecule has 0 spiro atoms. The number of tetrazole rings is 1. The number of hydrogen-bond acceptors (Lipinski definition) is 8. The summed E-state index contributed by atoms with van der Waals surface area (Å²) >= 11 is 0. The Morgan fingerprint density at radius 2 is 1.67 bits per heavy atom. The van der Waals surface area contributed by atoms with Crippen molar-refractivity contribution >= 4 is 0 Å². The Balaban J connectivity index is 1.70. The molecule has 0 fully saturated rings. The number of rotatable bonds is 7. The van der Waals surface area contributed by atoms with Crippen molar-refractivity contribution in [1.82, 2.24) is 35.2 Å². The smallest absolute Gasteiger partial charge is 0.419 e. The van der Waals surface area contributed by atoms with Crippen molar-refractivity contribution < 1.29 is 40.6 Å².